The monoisotopic (exact) mass is 460 g/mol. The molecule has 3 N–H and O–H groups in total. The van der Waals surface area contributed by atoms with Crippen LogP contribution in [0.15, 0.2) is 18.7 Å². The topological polar surface area (TPSA) is 137 Å². The van der Waals surface area contributed by atoms with Crippen LogP contribution in [0.3, 0.4) is 0 Å². The van der Waals surface area contributed by atoms with Gasteiger partial charge in [-0.15, -0.1) is 0 Å². The summed E-state index contributed by atoms with van der Waals surface area (Å²) in [7, 11) is 0. The highest BCUT2D eigenvalue weighted by Gasteiger charge is 2.38. The molecule has 3 aromatic rings. The van der Waals surface area contributed by atoms with Crippen LogP contribution >= 0.6 is 11.6 Å². The Hall–Kier alpha value is -3.19. The van der Waals surface area contributed by atoms with Gasteiger partial charge in [0.2, 0.25) is 0 Å². The van der Waals surface area contributed by atoms with Gasteiger partial charge in [-0.2, -0.15) is 23.1 Å². The number of ether oxygens (including phenoxy) is 1. The molecule has 166 valence electrons. The predicted octanol–water partition coefficient (Wildman–Crippen LogP) is 2.57. The number of nitrogens with one attached hydrogen (secondary N) is 1. The van der Waals surface area contributed by atoms with E-state index in [0.717, 1.165) is 17.5 Å². The first-order valence-corrected chi connectivity index (χ1v) is 9.22. The Morgan fingerprint density at radius 3 is 2.45 bits per heavy atom. The molecule has 4 heterocycles. The average Bonchev–Trinajstić information content (AvgIpc) is 3.01. The zero-order valence-electron chi connectivity index (χ0n) is 15.9. The van der Waals surface area contributed by atoms with E-state index in [1.807, 2.05) is 11.8 Å². The number of hydrogen-bond acceptors (Lipinski definition) is 8. The summed E-state index contributed by atoms with van der Waals surface area (Å²) < 4.78 is 37.4. The number of fused-ring (bicyclic) bond motifs is 1. The highest BCUT2D eigenvalue weighted by Crippen LogP contribution is 2.37. The molecular weight excluding hydrogens is 445 g/mol. The van der Waals surface area contributed by atoms with Crippen molar-refractivity contribution in [2.24, 2.45) is 0 Å². The first-order chi connectivity index (χ1) is 14.6. The Balaban J connectivity index is 0.000000339. The highest BCUT2D eigenvalue weighted by molar-refractivity contribution is 6.37. The first kappa shape index (κ1) is 22.5. The molecule has 0 bridgehead atoms. The van der Waals surface area contributed by atoms with Crippen molar-refractivity contribution in [3.8, 4) is 11.8 Å². The lowest BCUT2D eigenvalue weighted by atomic mass is 10.1. The maximum absolute atomic E-state index is 10.6. The van der Waals surface area contributed by atoms with Crippen molar-refractivity contribution >= 4 is 34.4 Å². The zero-order valence-corrected chi connectivity index (χ0v) is 16.6. The molecule has 4 rings (SSSR count). The Morgan fingerprint density at radius 1 is 1.32 bits per heavy atom. The van der Waals surface area contributed by atoms with E-state index in [9.17, 15) is 18.3 Å². The molecule has 0 amide bonds. The molecule has 1 aliphatic rings. The van der Waals surface area contributed by atoms with Gasteiger partial charge in [0.1, 0.15) is 17.8 Å². The number of H-pyrrole nitrogens is 1. The largest absolute Gasteiger partial charge is 0.490 e. The van der Waals surface area contributed by atoms with Crippen molar-refractivity contribution < 1.29 is 32.9 Å². The van der Waals surface area contributed by atoms with Crippen molar-refractivity contribution in [1.82, 2.24) is 24.9 Å². The molecule has 0 atom stereocenters. The molecule has 14 heteroatoms. The number of hydrogen-bond donors (Lipinski definition) is 3. The van der Waals surface area contributed by atoms with Crippen molar-refractivity contribution in [1.29, 1.82) is 0 Å². The van der Waals surface area contributed by atoms with Crippen LogP contribution < -0.4 is 9.64 Å². The van der Waals surface area contributed by atoms with Gasteiger partial charge < -0.3 is 24.8 Å². The third-order valence-corrected chi connectivity index (χ3v) is 4.54. The summed E-state index contributed by atoms with van der Waals surface area (Å²) in [4.78, 5) is 30.7. The molecule has 10 nitrogen and oxygen atoms in total. The Labute approximate surface area is 177 Å². The lowest BCUT2D eigenvalue weighted by Gasteiger charge is -2.37. The van der Waals surface area contributed by atoms with Crippen molar-refractivity contribution in [2.75, 3.05) is 18.0 Å². The number of halogens is 4. The van der Waals surface area contributed by atoms with Gasteiger partial charge in [0.15, 0.2) is 5.75 Å². The number of carbonyl (C=O) groups is 1. The van der Waals surface area contributed by atoms with E-state index >= 15 is 0 Å². The number of rotatable bonds is 4. The summed E-state index contributed by atoms with van der Waals surface area (Å²) in [5, 5.41) is 18.1. The number of carboxylic acid groups (broad SMARTS) is 1. The minimum absolute atomic E-state index is 0.175. The van der Waals surface area contributed by atoms with Crippen LogP contribution in [-0.2, 0) is 11.2 Å². The van der Waals surface area contributed by atoms with Gasteiger partial charge in [-0.25, -0.2) is 14.8 Å². The van der Waals surface area contributed by atoms with E-state index in [4.69, 9.17) is 26.2 Å². The number of alkyl halides is 3. The molecule has 0 unspecified atom stereocenters. The molecule has 0 aromatic carbocycles. The van der Waals surface area contributed by atoms with Gasteiger partial charge in [0.25, 0.3) is 0 Å². The van der Waals surface area contributed by atoms with Gasteiger partial charge in [0, 0.05) is 18.8 Å². The van der Waals surface area contributed by atoms with E-state index in [1.165, 1.54) is 18.7 Å². The van der Waals surface area contributed by atoms with Crippen LogP contribution in [0, 0.1) is 0 Å². The van der Waals surface area contributed by atoms with E-state index in [-0.39, 0.29) is 12.1 Å². The van der Waals surface area contributed by atoms with Crippen LogP contribution in [0.1, 0.15) is 12.6 Å². The van der Waals surface area contributed by atoms with Crippen LogP contribution in [0.25, 0.3) is 11.0 Å². The maximum Gasteiger partial charge on any atom is 0.490 e. The fraction of sp³-hybridized carbons (Fsp3) is 0.353. The number of aryl methyl sites for hydroxylation is 1. The number of carboxylic acids is 1. The molecule has 0 saturated carbocycles. The molecule has 1 saturated heterocycles. The van der Waals surface area contributed by atoms with Gasteiger partial charge >= 0.3 is 18.2 Å². The van der Waals surface area contributed by atoms with Crippen LogP contribution in [0.5, 0.6) is 11.8 Å². The van der Waals surface area contributed by atoms with Crippen LogP contribution in [0.2, 0.25) is 5.02 Å². The van der Waals surface area contributed by atoms with Gasteiger partial charge in [-0.3, -0.25) is 0 Å². The molecular formula is C17H16ClF3N6O4. The number of anilines is 1. The Morgan fingerprint density at radius 2 is 1.94 bits per heavy atom. The Bertz CT molecular complexity index is 1070. The van der Waals surface area contributed by atoms with Crippen molar-refractivity contribution in [2.45, 2.75) is 25.6 Å². The highest BCUT2D eigenvalue weighted by atomic mass is 35.5. The zero-order chi connectivity index (χ0) is 22.8. The lowest BCUT2D eigenvalue weighted by molar-refractivity contribution is -0.192. The number of aliphatic carboxylic acids is 1. The average molecular weight is 461 g/mol. The first-order valence-electron chi connectivity index (χ1n) is 8.84. The molecule has 31 heavy (non-hydrogen) atoms. The fourth-order valence-corrected chi connectivity index (χ4v) is 3.01. The lowest BCUT2D eigenvalue weighted by Crippen LogP contribution is -2.51. The summed E-state index contributed by atoms with van der Waals surface area (Å²) in [6.07, 6.45) is -0.202. The number of aromatic nitrogens is 5. The summed E-state index contributed by atoms with van der Waals surface area (Å²) in [5.41, 5.74) is 1.50. The van der Waals surface area contributed by atoms with E-state index < -0.39 is 12.1 Å². The SMILES string of the molecule is CCc1[nH]c2nc(Oc3cncnc3)nc(N3CC(O)C3)c2c1Cl.O=C(O)C(F)(F)F. The van der Waals surface area contributed by atoms with E-state index in [1.54, 1.807) is 0 Å². The van der Waals surface area contributed by atoms with Crippen molar-refractivity contribution in [3.05, 3.63) is 29.4 Å². The van der Waals surface area contributed by atoms with Crippen LogP contribution in [-0.4, -0.2) is 66.5 Å². The number of nitrogens with zero attached hydrogens (tertiary/aromatic N) is 5. The molecule has 0 radical (unpaired) electrons. The maximum atomic E-state index is 10.6. The molecule has 3 aromatic heterocycles. The second kappa shape index (κ2) is 8.89. The third-order valence-electron chi connectivity index (χ3n) is 4.13. The van der Waals surface area contributed by atoms with Crippen LogP contribution in [0.4, 0.5) is 19.0 Å². The van der Waals surface area contributed by atoms with Gasteiger partial charge in [0.05, 0.1) is 28.9 Å². The summed E-state index contributed by atoms with van der Waals surface area (Å²) in [6, 6.07) is 0.175. The summed E-state index contributed by atoms with van der Waals surface area (Å²) in [5.74, 6) is -1.66. The minimum Gasteiger partial charge on any atom is -0.475 e. The summed E-state index contributed by atoms with van der Waals surface area (Å²) in [6.45, 7) is 3.02. The molecule has 0 spiro atoms. The van der Waals surface area contributed by atoms with E-state index in [0.29, 0.717) is 35.3 Å². The minimum atomic E-state index is -5.08. The number of aliphatic hydroxyl groups excluding tert-OH is 1. The third kappa shape index (κ3) is 5.11. The normalized spacial score (nSPS) is 14.1. The predicted molar refractivity (Wildman–Crippen MR) is 102 cm³/mol. The smallest absolute Gasteiger partial charge is 0.475 e. The van der Waals surface area contributed by atoms with Gasteiger partial charge in [-0.05, 0) is 6.42 Å². The second-order valence-corrected chi connectivity index (χ2v) is 6.74. The fourth-order valence-electron chi connectivity index (χ4n) is 2.66. The quantitative estimate of drug-likeness (QED) is 0.536. The summed E-state index contributed by atoms with van der Waals surface area (Å²) >= 11 is 6.48. The van der Waals surface area contributed by atoms with Gasteiger partial charge in [-0.1, -0.05) is 18.5 Å². The second-order valence-electron chi connectivity index (χ2n) is 6.36. The molecule has 0 aliphatic carbocycles. The number of aromatic amines is 1. The number of β-amino-alcohol motifs (C(OH)–C–C–N with tert-alkyl or cyclic N) is 1. The number of aliphatic hydroxyl groups is 1. The standard InChI is InChI=1S/C15H15ClN6O2.C2HF3O2/c1-2-10-12(16)11-13(19-10)20-15(24-9-3-17-7-18-4-9)21-14(11)22-5-8(23)6-22;3-2(4,5)1(6)7/h3-4,7-8,23H,2,5-6H2,1H3,(H,19,20,21);(H,6,7). The molecule has 1 aliphatic heterocycles. The van der Waals surface area contributed by atoms with Crippen molar-refractivity contribution in [3.63, 3.8) is 0 Å². The van der Waals surface area contributed by atoms with E-state index in [2.05, 4.69) is 24.9 Å². The Kier molecular flexibility index (Phi) is 6.45. The molecule has 1 fully saturated rings.